The fraction of sp³-hybridized carbons (Fsp3) is 0.353. The largest absolute Gasteiger partial charge is 0.598 e. The van der Waals surface area contributed by atoms with Crippen LogP contribution in [0.1, 0.15) is 48.5 Å². The van der Waals surface area contributed by atoms with Gasteiger partial charge in [-0.1, -0.05) is 28.1 Å². The van der Waals surface area contributed by atoms with Gasteiger partial charge in [0.2, 0.25) is 0 Å². The van der Waals surface area contributed by atoms with Crippen LogP contribution in [0.25, 0.3) is 0 Å². The molecule has 0 saturated carbocycles. The van der Waals surface area contributed by atoms with Crippen LogP contribution in [0.3, 0.4) is 0 Å². The molecule has 0 amide bonds. The van der Waals surface area contributed by atoms with E-state index in [9.17, 15) is 9.35 Å². The number of hydrogen-bond acceptors (Lipinski definition) is 4. The Morgan fingerprint density at radius 2 is 1.91 bits per heavy atom. The molecule has 0 spiro atoms. The Labute approximate surface area is 152 Å². The minimum Gasteiger partial charge on any atom is -0.598 e. The van der Waals surface area contributed by atoms with Crippen LogP contribution in [0.5, 0.6) is 0 Å². The first-order chi connectivity index (χ1) is 10.7. The van der Waals surface area contributed by atoms with E-state index in [1.165, 1.54) is 11.3 Å². The van der Waals surface area contributed by atoms with Crippen LogP contribution in [-0.4, -0.2) is 15.6 Å². The minimum absolute atomic E-state index is 0.392. The Balaban J connectivity index is 2.52. The summed E-state index contributed by atoms with van der Waals surface area (Å²) in [5.41, 5.74) is 1.26. The van der Waals surface area contributed by atoms with Gasteiger partial charge in [0.05, 0.1) is 4.88 Å². The first kappa shape index (κ1) is 18.7. The fourth-order valence-corrected chi connectivity index (χ4v) is 4.23. The highest BCUT2D eigenvalue weighted by Gasteiger charge is 2.39. The van der Waals surface area contributed by atoms with Gasteiger partial charge in [0, 0.05) is 15.8 Å². The summed E-state index contributed by atoms with van der Waals surface area (Å²) < 4.78 is 16.5. The van der Waals surface area contributed by atoms with Gasteiger partial charge in [-0.05, 0) is 62.4 Å². The maximum atomic E-state index is 12.7. The number of thiophene rings is 1. The van der Waals surface area contributed by atoms with Crippen LogP contribution >= 0.6 is 27.3 Å². The van der Waals surface area contributed by atoms with E-state index >= 15 is 0 Å². The van der Waals surface area contributed by atoms with Crippen molar-refractivity contribution >= 4 is 44.9 Å². The molecule has 0 fully saturated rings. The van der Waals surface area contributed by atoms with Crippen molar-refractivity contribution in [3.8, 4) is 0 Å². The van der Waals surface area contributed by atoms with Gasteiger partial charge in [0.15, 0.2) is 6.29 Å². The number of benzene rings is 1. The number of halogens is 1. The van der Waals surface area contributed by atoms with E-state index in [0.29, 0.717) is 4.88 Å². The zero-order chi connectivity index (χ0) is 17.3. The third-order valence-corrected chi connectivity index (χ3v) is 6.63. The Kier molecular flexibility index (Phi) is 5.74. The molecule has 1 heterocycles. The number of rotatable bonds is 5. The predicted octanol–water partition coefficient (Wildman–Crippen LogP) is 4.64. The van der Waals surface area contributed by atoms with Gasteiger partial charge in [-0.3, -0.25) is 4.79 Å². The molecular formula is C17H20BrNO2S2. The summed E-state index contributed by atoms with van der Waals surface area (Å²) in [6.07, 6.45) is 0.843. The van der Waals surface area contributed by atoms with E-state index in [1.807, 2.05) is 63.4 Å². The van der Waals surface area contributed by atoms with Crippen molar-refractivity contribution in [2.24, 2.45) is 0 Å². The smallest absolute Gasteiger partial charge is 0.160 e. The Bertz CT molecular complexity index is 696. The molecule has 23 heavy (non-hydrogen) atoms. The van der Waals surface area contributed by atoms with E-state index in [1.54, 1.807) is 0 Å². The maximum absolute atomic E-state index is 12.7. The summed E-state index contributed by atoms with van der Waals surface area (Å²) in [7, 11) is 0. The fourth-order valence-electron chi connectivity index (χ4n) is 2.10. The molecule has 2 rings (SSSR count). The molecule has 124 valence electrons. The normalized spacial score (nSPS) is 15.9. The molecule has 0 aliphatic heterocycles. The zero-order valence-corrected chi connectivity index (χ0v) is 16.8. The number of carbonyl (C=O) groups excluding carboxylic acids is 1. The molecule has 0 aliphatic rings. The molecule has 6 heteroatoms. The maximum Gasteiger partial charge on any atom is 0.160 e. The van der Waals surface area contributed by atoms with Crippen molar-refractivity contribution in [2.75, 3.05) is 0 Å². The SMILES string of the molecule is CC(C)(C)[S+]([O-])N[C@@](C)(c1cccc(Br)c1)c1csc(C=O)c1. The van der Waals surface area contributed by atoms with Crippen LogP contribution in [0, 0.1) is 0 Å². The summed E-state index contributed by atoms with van der Waals surface area (Å²) in [6.45, 7) is 7.79. The molecule has 1 aromatic heterocycles. The standard InChI is InChI=1S/C17H20BrNO2S2/c1-16(2,3)23(21)19-17(4,12-6-5-7-14(18)8-12)13-9-15(10-20)22-11-13/h5-11,19H,1-4H3/t17-,23?/m0/s1. The Morgan fingerprint density at radius 3 is 2.43 bits per heavy atom. The van der Waals surface area contributed by atoms with Gasteiger partial charge in [0.1, 0.15) is 10.3 Å². The zero-order valence-electron chi connectivity index (χ0n) is 13.6. The molecule has 1 unspecified atom stereocenters. The third-order valence-electron chi connectivity index (χ3n) is 3.57. The third kappa shape index (κ3) is 4.25. The van der Waals surface area contributed by atoms with Crippen LogP contribution in [0.15, 0.2) is 40.2 Å². The summed E-state index contributed by atoms with van der Waals surface area (Å²) in [5, 5.41) is 1.94. The molecule has 0 saturated heterocycles. The summed E-state index contributed by atoms with van der Waals surface area (Å²) in [5.74, 6) is 0. The Morgan fingerprint density at radius 1 is 1.22 bits per heavy atom. The second kappa shape index (κ2) is 7.07. The van der Waals surface area contributed by atoms with E-state index in [4.69, 9.17) is 0 Å². The lowest BCUT2D eigenvalue weighted by molar-refractivity contribution is 0.112. The number of carbonyl (C=O) groups is 1. The molecule has 1 N–H and O–H groups in total. The van der Waals surface area contributed by atoms with E-state index in [2.05, 4.69) is 20.7 Å². The van der Waals surface area contributed by atoms with Gasteiger partial charge >= 0.3 is 0 Å². The first-order valence-electron chi connectivity index (χ1n) is 7.17. The minimum atomic E-state index is -1.26. The second-order valence-electron chi connectivity index (χ2n) is 6.47. The predicted molar refractivity (Wildman–Crippen MR) is 101 cm³/mol. The van der Waals surface area contributed by atoms with Gasteiger partial charge in [-0.15, -0.1) is 16.1 Å². The van der Waals surface area contributed by atoms with Crippen LogP contribution in [0.2, 0.25) is 0 Å². The Hall–Kier alpha value is -0.660. The van der Waals surface area contributed by atoms with Gasteiger partial charge in [-0.25, -0.2) is 0 Å². The van der Waals surface area contributed by atoms with Crippen molar-refractivity contribution in [1.82, 2.24) is 4.72 Å². The molecule has 0 bridgehead atoms. The first-order valence-corrected chi connectivity index (χ1v) is 9.99. The highest BCUT2D eigenvalue weighted by atomic mass is 79.9. The molecule has 2 aromatic rings. The molecule has 0 radical (unpaired) electrons. The van der Waals surface area contributed by atoms with Gasteiger partial charge in [0.25, 0.3) is 0 Å². The quantitative estimate of drug-likeness (QED) is 0.573. The van der Waals surface area contributed by atoms with Crippen LogP contribution < -0.4 is 4.72 Å². The van der Waals surface area contributed by atoms with Crippen LogP contribution in [-0.2, 0) is 16.9 Å². The van der Waals surface area contributed by atoms with Crippen molar-refractivity contribution < 1.29 is 9.35 Å². The topological polar surface area (TPSA) is 52.2 Å². The van der Waals surface area contributed by atoms with Gasteiger partial charge in [-0.2, -0.15) is 0 Å². The van der Waals surface area contributed by atoms with Gasteiger partial charge < -0.3 is 4.55 Å². The second-order valence-corrected chi connectivity index (χ2v) is 10.3. The number of aldehydes is 1. The molecule has 3 nitrogen and oxygen atoms in total. The summed E-state index contributed by atoms with van der Waals surface area (Å²) in [4.78, 5) is 11.7. The lowest BCUT2D eigenvalue weighted by atomic mass is 9.87. The van der Waals surface area contributed by atoms with E-state index in [-0.39, 0.29) is 0 Å². The number of nitrogens with one attached hydrogen (secondary N) is 1. The van der Waals surface area contributed by atoms with E-state index in [0.717, 1.165) is 21.9 Å². The van der Waals surface area contributed by atoms with Crippen molar-refractivity contribution in [3.63, 3.8) is 0 Å². The summed E-state index contributed by atoms with van der Waals surface area (Å²) in [6, 6.07) is 9.76. The molecule has 0 aliphatic carbocycles. The summed E-state index contributed by atoms with van der Waals surface area (Å²) >= 11 is 3.63. The molecule has 1 aromatic carbocycles. The average molecular weight is 414 g/mol. The molecular weight excluding hydrogens is 394 g/mol. The lowest BCUT2D eigenvalue weighted by Gasteiger charge is -2.35. The monoisotopic (exact) mass is 413 g/mol. The van der Waals surface area contributed by atoms with E-state index < -0.39 is 21.6 Å². The number of hydrogen-bond donors (Lipinski definition) is 1. The van der Waals surface area contributed by atoms with Crippen molar-refractivity contribution in [3.05, 3.63) is 56.2 Å². The average Bonchev–Trinajstić information content (AvgIpc) is 2.95. The van der Waals surface area contributed by atoms with Crippen LogP contribution in [0.4, 0.5) is 0 Å². The van der Waals surface area contributed by atoms with Crippen molar-refractivity contribution in [1.29, 1.82) is 0 Å². The highest BCUT2D eigenvalue weighted by Crippen LogP contribution is 2.35. The highest BCUT2D eigenvalue weighted by molar-refractivity contribution is 9.10. The molecule has 2 atom stereocenters. The lowest BCUT2D eigenvalue weighted by Crippen LogP contribution is -2.50. The van der Waals surface area contributed by atoms with Crippen molar-refractivity contribution in [2.45, 2.75) is 38.0 Å².